The molecule has 37 heavy (non-hydrogen) atoms. The summed E-state index contributed by atoms with van der Waals surface area (Å²) in [5.41, 5.74) is 8.89. The molecule has 1 aromatic carbocycles. The number of amides is 1. The monoisotopic (exact) mass is 525 g/mol. The van der Waals surface area contributed by atoms with E-state index in [2.05, 4.69) is 11.9 Å². The van der Waals surface area contributed by atoms with Gasteiger partial charge in [0.25, 0.3) is 5.91 Å². The molecule has 0 saturated carbocycles. The Morgan fingerprint density at radius 3 is 2.68 bits per heavy atom. The maximum absolute atomic E-state index is 14.9. The van der Waals surface area contributed by atoms with Crippen molar-refractivity contribution in [1.29, 1.82) is 0 Å². The number of ether oxygens (including phenoxy) is 1. The quantitative estimate of drug-likeness (QED) is 0.393. The number of nitrogens with two attached hydrogens (primary N) is 1. The summed E-state index contributed by atoms with van der Waals surface area (Å²) in [4.78, 5) is 25.2. The summed E-state index contributed by atoms with van der Waals surface area (Å²) in [6.07, 6.45) is 12.2. The summed E-state index contributed by atoms with van der Waals surface area (Å²) in [6.45, 7) is 5.92. The zero-order valence-corrected chi connectivity index (χ0v) is 21.7. The number of carboxylic acid groups (broad SMARTS) is 1. The second-order valence-corrected chi connectivity index (χ2v) is 9.62. The van der Waals surface area contributed by atoms with E-state index in [-0.39, 0.29) is 6.10 Å². The highest BCUT2D eigenvalue weighted by Crippen LogP contribution is 2.30. The van der Waals surface area contributed by atoms with Crippen LogP contribution in [0.1, 0.15) is 29.3 Å². The van der Waals surface area contributed by atoms with E-state index in [9.17, 15) is 14.0 Å². The number of carboxylic acids is 1. The molecule has 1 amide bonds. The lowest BCUT2D eigenvalue weighted by atomic mass is 10.0. The van der Waals surface area contributed by atoms with Crippen molar-refractivity contribution in [1.82, 2.24) is 10.2 Å². The van der Waals surface area contributed by atoms with Gasteiger partial charge in [-0.15, -0.1) is 0 Å². The zero-order chi connectivity index (χ0) is 26.9. The number of aliphatic carboxylic acids is 1. The van der Waals surface area contributed by atoms with Gasteiger partial charge in [-0.25, -0.2) is 4.39 Å². The average molecular weight is 526 g/mol. The molecule has 4 atom stereocenters. The van der Waals surface area contributed by atoms with E-state index in [0.717, 1.165) is 17.6 Å². The molecule has 0 saturated heterocycles. The minimum Gasteiger partial charge on any atom is -0.480 e. The van der Waals surface area contributed by atoms with E-state index in [1.807, 2.05) is 23.1 Å². The number of halogens is 1. The van der Waals surface area contributed by atoms with Gasteiger partial charge in [0.1, 0.15) is 12.2 Å². The summed E-state index contributed by atoms with van der Waals surface area (Å²) in [7, 11) is 1.65. The highest BCUT2D eigenvalue weighted by molar-refractivity contribution is 8.05. The SMILES string of the molecule is C=C(S/C=C(\N)C1=CC(OC)CC=C1)N(Cc1ccc(C(=O)NC(C)C(=O)O)cc1)C1C=CC=CC1F. The second-order valence-electron chi connectivity index (χ2n) is 8.68. The van der Waals surface area contributed by atoms with Crippen LogP contribution in [0.2, 0.25) is 0 Å². The van der Waals surface area contributed by atoms with Crippen molar-refractivity contribution in [3.63, 3.8) is 0 Å². The Morgan fingerprint density at radius 1 is 1.32 bits per heavy atom. The number of hydrogen-bond acceptors (Lipinski definition) is 6. The maximum atomic E-state index is 14.9. The van der Waals surface area contributed by atoms with Gasteiger partial charge >= 0.3 is 5.97 Å². The first-order chi connectivity index (χ1) is 17.7. The van der Waals surface area contributed by atoms with Crippen molar-refractivity contribution >= 4 is 23.6 Å². The molecule has 2 aliphatic carbocycles. The Labute approximate surface area is 220 Å². The molecule has 2 aliphatic rings. The fourth-order valence-electron chi connectivity index (χ4n) is 3.78. The largest absolute Gasteiger partial charge is 0.480 e. The van der Waals surface area contributed by atoms with E-state index >= 15 is 0 Å². The van der Waals surface area contributed by atoms with E-state index in [1.165, 1.54) is 24.8 Å². The minimum absolute atomic E-state index is 0.0273. The third-order valence-corrected chi connectivity index (χ3v) is 6.88. The van der Waals surface area contributed by atoms with Gasteiger partial charge in [0.15, 0.2) is 0 Å². The highest BCUT2D eigenvalue weighted by Gasteiger charge is 2.26. The molecule has 0 radical (unpaired) electrons. The van der Waals surface area contributed by atoms with E-state index in [4.69, 9.17) is 15.6 Å². The van der Waals surface area contributed by atoms with Crippen molar-refractivity contribution < 1.29 is 23.8 Å². The Bertz CT molecular complexity index is 1160. The number of hydrogen-bond donors (Lipinski definition) is 3. The minimum atomic E-state index is -1.22. The van der Waals surface area contributed by atoms with Crippen LogP contribution < -0.4 is 11.1 Å². The normalized spacial score (nSPS) is 21.8. The van der Waals surface area contributed by atoms with Crippen LogP contribution in [0.5, 0.6) is 0 Å². The molecular weight excluding hydrogens is 493 g/mol. The van der Waals surface area contributed by atoms with Crippen molar-refractivity contribution in [3.8, 4) is 0 Å². The lowest BCUT2D eigenvalue weighted by Crippen LogP contribution is -2.39. The van der Waals surface area contributed by atoms with Gasteiger partial charge in [-0.2, -0.15) is 0 Å². The summed E-state index contributed by atoms with van der Waals surface area (Å²) in [6, 6.07) is 5.18. The van der Waals surface area contributed by atoms with Gasteiger partial charge in [-0.1, -0.05) is 60.9 Å². The van der Waals surface area contributed by atoms with Gasteiger partial charge in [-0.05, 0) is 48.8 Å². The summed E-state index contributed by atoms with van der Waals surface area (Å²) in [5.74, 6) is -1.60. The summed E-state index contributed by atoms with van der Waals surface area (Å²) in [5, 5.41) is 13.8. The fraction of sp³-hybridized carbons (Fsp3) is 0.286. The van der Waals surface area contributed by atoms with Gasteiger partial charge in [0, 0.05) is 30.3 Å². The maximum Gasteiger partial charge on any atom is 0.325 e. The van der Waals surface area contributed by atoms with Crippen LogP contribution in [0, 0.1) is 0 Å². The zero-order valence-electron chi connectivity index (χ0n) is 20.8. The third kappa shape index (κ3) is 7.71. The molecule has 196 valence electrons. The van der Waals surface area contributed by atoms with E-state index < -0.39 is 30.1 Å². The smallest absolute Gasteiger partial charge is 0.325 e. The molecule has 3 rings (SSSR count). The second kappa shape index (κ2) is 13.1. The number of carbonyl (C=O) groups excluding carboxylic acids is 1. The summed E-state index contributed by atoms with van der Waals surface area (Å²) >= 11 is 1.31. The molecule has 0 spiro atoms. The number of methoxy groups -OCH3 is 1. The number of nitrogens with zero attached hydrogens (tertiary/aromatic N) is 1. The Morgan fingerprint density at radius 2 is 2.03 bits per heavy atom. The molecule has 0 heterocycles. The average Bonchev–Trinajstić information content (AvgIpc) is 2.90. The molecule has 1 aromatic rings. The molecular formula is C28H32FN3O4S. The molecule has 0 fully saturated rings. The van der Waals surface area contributed by atoms with Crippen molar-refractivity contribution in [2.24, 2.45) is 5.73 Å². The number of thioether (sulfide) groups is 1. The molecule has 4 unspecified atom stereocenters. The highest BCUT2D eigenvalue weighted by atomic mass is 32.2. The standard InChI is InChI=1S/C28H32FN3O4S/c1-18(28(34)35)31-27(33)21-13-11-20(12-14-21)16-32(26-10-5-4-9-24(26)29)19(2)37-17-25(30)22-7-6-8-23(15-22)36-3/h4-7,9-15,17-18,23-24,26H,2,8,16,30H2,1,3H3,(H,31,33)(H,34,35)/b25-17-. The Kier molecular flexibility index (Phi) is 9.93. The predicted molar refractivity (Wildman–Crippen MR) is 145 cm³/mol. The molecule has 7 nitrogen and oxygen atoms in total. The van der Waals surface area contributed by atoms with E-state index in [0.29, 0.717) is 22.8 Å². The van der Waals surface area contributed by atoms with Crippen LogP contribution in [-0.4, -0.2) is 53.4 Å². The first-order valence-corrected chi connectivity index (χ1v) is 12.7. The Balaban J connectivity index is 1.75. The topological polar surface area (TPSA) is 105 Å². The summed E-state index contributed by atoms with van der Waals surface area (Å²) < 4.78 is 20.3. The molecule has 0 bridgehead atoms. The van der Waals surface area contributed by atoms with Gasteiger partial charge in [0.2, 0.25) is 0 Å². The van der Waals surface area contributed by atoms with E-state index in [1.54, 1.807) is 55.0 Å². The van der Waals surface area contributed by atoms with Crippen molar-refractivity contribution in [2.75, 3.05) is 7.11 Å². The van der Waals surface area contributed by atoms with Crippen LogP contribution in [-0.2, 0) is 16.1 Å². The first kappa shape index (κ1) is 28.0. The Hall–Kier alpha value is -3.56. The van der Waals surface area contributed by atoms with Crippen LogP contribution >= 0.6 is 11.8 Å². The van der Waals surface area contributed by atoms with Crippen LogP contribution in [0.15, 0.2) is 95.1 Å². The number of rotatable bonds is 11. The van der Waals surface area contributed by atoms with Crippen LogP contribution in [0.25, 0.3) is 0 Å². The van der Waals surface area contributed by atoms with Crippen LogP contribution in [0.3, 0.4) is 0 Å². The molecule has 9 heteroatoms. The van der Waals surface area contributed by atoms with Gasteiger partial charge in [0.05, 0.1) is 17.2 Å². The van der Waals surface area contributed by atoms with Crippen LogP contribution in [0.4, 0.5) is 4.39 Å². The van der Waals surface area contributed by atoms with Gasteiger partial charge < -0.3 is 25.8 Å². The van der Waals surface area contributed by atoms with Gasteiger partial charge in [-0.3, -0.25) is 9.59 Å². The third-order valence-electron chi connectivity index (χ3n) is 6.00. The molecule has 0 aliphatic heterocycles. The fourth-order valence-corrected chi connectivity index (χ4v) is 4.50. The number of allylic oxidation sites excluding steroid dienone is 3. The number of nitrogens with one attached hydrogen (secondary N) is 1. The first-order valence-electron chi connectivity index (χ1n) is 11.8. The van der Waals surface area contributed by atoms with Crippen molar-refractivity contribution in [2.45, 2.75) is 44.2 Å². The number of benzene rings is 1. The lowest BCUT2D eigenvalue weighted by molar-refractivity contribution is -0.138. The number of carbonyl (C=O) groups is 2. The lowest BCUT2D eigenvalue weighted by Gasteiger charge is -2.34. The molecule has 4 N–H and O–H groups in total. The number of alkyl halides is 1. The molecule has 0 aromatic heterocycles. The predicted octanol–water partition coefficient (Wildman–Crippen LogP) is 4.43. The van der Waals surface area contributed by atoms with Crippen molar-refractivity contribution in [3.05, 3.63) is 106 Å².